The summed E-state index contributed by atoms with van der Waals surface area (Å²) in [6.45, 7) is 0. The minimum absolute atomic E-state index is 0.476. The SMILES string of the molecule is NN(C(=O)S)c1ccccc1. The van der Waals surface area contributed by atoms with Crippen LogP contribution in [0.5, 0.6) is 0 Å². The predicted octanol–water partition coefficient (Wildman–Crippen LogP) is 1.42. The quantitative estimate of drug-likeness (QED) is 0.288. The number of para-hydroxylation sites is 1. The normalized spacial score (nSPS) is 9.27. The van der Waals surface area contributed by atoms with Crippen molar-refractivity contribution in [3.63, 3.8) is 0 Å². The van der Waals surface area contributed by atoms with E-state index in [1.807, 2.05) is 6.07 Å². The van der Waals surface area contributed by atoms with Crippen molar-refractivity contribution >= 4 is 23.6 Å². The molecular formula is C7H8N2OS. The molecule has 1 aromatic rings. The molecule has 0 fully saturated rings. The molecule has 0 aliphatic carbocycles. The Bertz CT molecular complexity index is 250. The molecule has 0 aliphatic rings. The second kappa shape index (κ2) is 3.41. The lowest BCUT2D eigenvalue weighted by molar-refractivity contribution is 0.265. The summed E-state index contributed by atoms with van der Waals surface area (Å²) in [6, 6.07) is 8.90. The fraction of sp³-hybridized carbons (Fsp3) is 0. The largest absolute Gasteiger partial charge is 0.297 e. The monoisotopic (exact) mass is 168 g/mol. The van der Waals surface area contributed by atoms with E-state index >= 15 is 0 Å². The molecule has 0 heterocycles. The standard InChI is InChI=1S/C7H8N2OS/c8-9(7(10)11)6-4-2-1-3-5-6/h1-5H,8H2,(H,10,11). The average Bonchev–Trinajstić information content (AvgIpc) is 2.05. The maximum absolute atomic E-state index is 10.6. The average molecular weight is 168 g/mol. The zero-order chi connectivity index (χ0) is 8.27. The van der Waals surface area contributed by atoms with Gasteiger partial charge in [-0.25, -0.2) is 10.9 Å². The minimum atomic E-state index is -0.476. The van der Waals surface area contributed by atoms with Crippen LogP contribution in [0.2, 0.25) is 0 Å². The Morgan fingerprint density at radius 1 is 1.36 bits per heavy atom. The topological polar surface area (TPSA) is 46.3 Å². The molecule has 1 aromatic carbocycles. The lowest BCUT2D eigenvalue weighted by atomic mass is 10.3. The first-order chi connectivity index (χ1) is 5.22. The molecule has 0 spiro atoms. The number of nitrogens with zero attached hydrogens (tertiary/aromatic N) is 1. The van der Waals surface area contributed by atoms with Gasteiger partial charge in [-0.2, -0.15) is 0 Å². The van der Waals surface area contributed by atoms with Crippen molar-refractivity contribution in [1.29, 1.82) is 0 Å². The highest BCUT2D eigenvalue weighted by Gasteiger charge is 2.04. The van der Waals surface area contributed by atoms with Gasteiger partial charge in [-0.3, -0.25) is 4.79 Å². The van der Waals surface area contributed by atoms with E-state index in [0.29, 0.717) is 5.69 Å². The van der Waals surface area contributed by atoms with Crippen molar-refractivity contribution in [3.8, 4) is 0 Å². The maximum atomic E-state index is 10.6. The Hall–Kier alpha value is -1.00. The van der Waals surface area contributed by atoms with E-state index in [-0.39, 0.29) is 0 Å². The molecule has 0 aliphatic heterocycles. The first-order valence-electron chi connectivity index (χ1n) is 3.04. The van der Waals surface area contributed by atoms with Gasteiger partial charge < -0.3 is 0 Å². The van der Waals surface area contributed by atoms with E-state index in [1.165, 1.54) is 0 Å². The van der Waals surface area contributed by atoms with Crippen LogP contribution in [0.15, 0.2) is 30.3 Å². The molecule has 4 heteroatoms. The molecule has 0 unspecified atom stereocenters. The fourth-order valence-corrected chi connectivity index (χ4v) is 0.815. The molecule has 0 saturated carbocycles. The lowest BCUT2D eigenvalue weighted by Gasteiger charge is -2.12. The van der Waals surface area contributed by atoms with Crippen LogP contribution in [0.1, 0.15) is 0 Å². The highest BCUT2D eigenvalue weighted by Crippen LogP contribution is 2.10. The molecule has 1 rings (SSSR count). The number of thiol groups is 1. The summed E-state index contributed by atoms with van der Waals surface area (Å²) in [5, 5.41) is 0.500. The van der Waals surface area contributed by atoms with Crippen LogP contribution in [-0.2, 0) is 0 Å². The van der Waals surface area contributed by atoms with Crippen LogP contribution in [0.25, 0.3) is 0 Å². The zero-order valence-electron chi connectivity index (χ0n) is 5.77. The summed E-state index contributed by atoms with van der Waals surface area (Å²) in [7, 11) is 0. The van der Waals surface area contributed by atoms with Crippen molar-refractivity contribution in [2.75, 3.05) is 5.01 Å². The van der Waals surface area contributed by atoms with E-state index in [0.717, 1.165) is 5.01 Å². The lowest BCUT2D eigenvalue weighted by Crippen LogP contribution is -2.32. The Morgan fingerprint density at radius 3 is 2.36 bits per heavy atom. The highest BCUT2D eigenvalue weighted by atomic mass is 32.1. The molecule has 0 atom stereocenters. The first-order valence-corrected chi connectivity index (χ1v) is 3.49. The summed E-state index contributed by atoms with van der Waals surface area (Å²) >= 11 is 3.57. The molecule has 0 radical (unpaired) electrons. The Balaban J connectivity index is 2.85. The van der Waals surface area contributed by atoms with E-state index in [4.69, 9.17) is 5.84 Å². The second-order valence-corrected chi connectivity index (χ2v) is 2.37. The maximum Gasteiger partial charge on any atom is 0.297 e. The summed E-state index contributed by atoms with van der Waals surface area (Å²) in [6.07, 6.45) is 0. The Kier molecular flexibility index (Phi) is 2.51. The van der Waals surface area contributed by atoms with E-state index in [9.17, 15) is 4.79 Å². The number of carbonyl (C=O) groups excluding carboxylic acids is 1. The molecule has 58 valence electrons. The summed E-state index contributed by atoms with van der Waals surface area (Å²) < 4.78 is 0. The number of benzene rings is 1. The molecule has 1 amide bonds. The fourth-order valence-electron chi connectivity index (χ4n) is 0.699. The van der Waals surface area contributed by atoms with Crippen molar-refractivity contribution in [3.05, 3.63) is 30.3 Å². The van der Waals surface area contributed by atoms with Gasteiger partial charge in [0, 0.05) is 0 Å². The molecule has 0 bridgehead atoms. The number of hydrazine groups is 1. The molecule has 2 N–H and O–H groups in total. The van der Waals surface area contributed by atoms with Crippen LogP contribution in [-0.4, -0.2) is 5.24 Å². The van der Waals surface area contributed by atoms with Gasteiger partial charge in [0.15, 0.2) is 0 Å². The van der Waals surface area contributed by atoms with Crippen molar-refractivity contribution in [2.45, 2.75) is 0 Å². The Morgan fingerprint density at radius 2 is 1.91 bits per heavy atom. The van der Waals surface area contributed by atoms with Crippen molar-refractivity contribution in [2.24, 2.45) is 5.84 Å². The first kappa shape index (κ1) is 8.10. The third-order valence-corrected chi connectivity index (χ3v) is 1.46. The van der Waals surface area contributed by atoms with Gasteiger partial charge in [-0.1, -0.05) is 30.8 Å². The number of hydrogen-bond donors (Lipinski definition) is 2. The number of carbonyl (C=O) groups is 1. The minimum Gasteiger partial charge on any atom is -0.260 e. The van der Waals surface area contributed by atoms with Crippen LogP contribution < -0.4 is 10.9 Å². The van der Waals surface area contributed by atoms with Gasteiger partial charge in [-0.15, -0.1) is 0 Å². The van der Waals surface area contributed by atoms with E-state index in [1.54, 1.807) is 24.3 Å². The molecule has 11 heavy (non-hydrogen) atoms. The van der Waals surface area contributed by atoms with Crippen molar-refractivity contribution < 1.29 is 4.79 Å². The van der Waals surface area contributed by atoms with Crippen LogP contribution in [0.4, 0.5) is 10.5 Å². The van der Waals surface area contributed by atoms with Gasteiger partial charge in [0.05, 0.1) is 5.69 Å². The summed E-state index contributed by atoms with van der Waals surface area (Å²) in [4.78, 5) is 10.6. The molecular weight excluding hydrogens is 160 g/mol. The van der Waals surface area contributed by atoms with Gasteiger partial charge in [-0.05, 0) is 12.1 Å². The van der Waals surface area contributed by atoms with Crippen LogP contribution in [0.3, 0.4) is 0 Å². The third kappa shape index (κ3) is 1.96. The summed E-state index contributed by atoms with van der Waals surface area (Å²) in [5.74, 6) is 5.35. The van der Waals surface area contributed by atoms with E-state index < -0.39 is 5.24 Å². The highest BCUT2D eigenvalue weighted by molar-refractivity contribution is 7.96. The number of amides is 1. The van der Waals surface area contributed by atoms with Crippen molar-refractivity contribution in [1.82, 2.24) is 0 Å². The van der Waals surface area contributed by atoms with Gasteiger partial charge in [0.1, 0.15) is 0 Å². The van der Waals surface area contributed by atoms with Gasteiger partial charge in [0.25, 0.3) is 5.24 Å². The van der Waals surface area contributed by atoms with Crippen LogP contribution >= 0.6 is 12.6 Å². The van der Waals surface area contributed by atoms with E-state index in [2.05, 4.69) is 12.6 Å². The second-order valence-electron chi connectivity index (χ2n) is 1.99. The number of nitrogens with two attached hydrogens (primary N) is 1. The molecule has 0 saturated heterocycles. The molecule has 3 nitrogen and oxygen atoms in total. The summed E-state index contributed by atoms with van der Waals surface area (Å²) in [5.41, 5.74) is 0.632. The van der Waals surface area contributed by atoms with Gasteiger partial charge >= 0.3 is 0 Å². The number of rotatable bonds is 1. The zero-order valence-corrected chi connectivity index (χ0v) is 6.66. The van der Waals surface area contributed by atoms with Crippen LogP contribution in [0, 0.1) is 0 Å². The van der Waals surface area contributed by atoms with Gasteiger partial charge in [0.2, 0.25) is 0 Å². The smallest absolute Gasteiger partial charge is 0.260 e. The predicted molar refractivity (Wildman–Crippen MR) is 47.5 cm³/mol. The number of anilines is 1. The Labute approximate surface area is 70.2 Å². The molecule has 0 aromatic heterocycles. The number of hydrogen-bond acceptors (Lipinski definition) is 2. The third-order valence-electron chi connectivity index (χ3n) is 1.24.